The molecule has 12 heteroatoms. The molecular weight excluding hydrogens is 507 g/mol. The molecule has 1 amide bonds. The summed E-state index contributed by atoms with van der Waals surface area (Å²) in [5.74, 6) is -0.463. The molecule has 1 aliphatic rings. The fourth-order valence-electron chi connectivity index (χ4n) is 3.30. The zero-order chi connectivity index (χ0) is 26.4. The van der Waals surface area contributed by atoms with Crippen LogP contribution in [0.4, 0.5) is 15.8 Å². The van der Waals surface area contributed by atoms with E-state index in [9.17, 15) is 22.4 Å². The van der Waals surface area contributed by atoms with Crippen LogP contribution in [0.25, 0.3) is 0 Å². The lowest BCUT2D eigenvalue weighted by Gasteiger charge is -2.20. The predicted molar refractivity (Wildman–Crippen MR) is 131 cm³/mol. The van der Waals surface area contributed by atoms with E-state index in [0.29, 0.717) is 36.1 Å². The van der Waals surface area contributed by atoms with E-state index < -0.39 is 40.9 Å². The van der Waals surface area contributed by atoms with Gasteiger partial charge in [-0.3, -0.25) is 9.10 Å². The number of sulfonamides is 1. The van der Waals surface area contributed by atoms with E-state index in [2.05, 4.69) is 5.32 Å². The first kappa shape index (κ1) is 25.8. The molecule has 37 heavy (non-hydrogen) atoms. The maximum atomic E-state index is 13.1. The van der Waals surface area contributed by atoms with E-state index in [0.717, 1.165) is 16.4 Å². The molecule has 0 atom stereocenters. The molecule has 0 spiro atoms. The molecule has 1 aliphatic heterocycles. The van der Waals surface area contributed by atoms with Gasteiger partial charge >= 0.3 is 5.97 Å². The van der Waals surface area contributed by atoms with Gasteiger partial charge in [0, 0.05) is 18.8 Å². The quantitative estimate of drug-likeness (QED) is 0.420. The molecular formula is C25H23FN2O8S. The zero-order valence-electron chi connectivity index (χ0n) is 19.7. The van der Waals surface area contributed by atoms with Crippen molar-refractivity contribution in [3.05, 3.63) is 72.5 Å². The molecule has 1 heterocycles. The number of carbonyl (C=O) groups is 2. The zero-order valence-corrected chi connectivity index (χ0v) is 20.5. The molecule has 194 valence electrons. The molecule has 3 aromatic rings. The lowest BCUT2D eigenvalue weighted by Crippen LogP contribution is -2.26. The van der Waals surface area contributed by atoms with Crippen LogP contribution >= 0.6 is 0 Å². The van der Waals surface area contributed by atoms with Gasteiger partial charge in [0.05, 0.1) is 10.6 Å². The first-order chi connectivity index (χ1) is 17.7. The fraction of sp³-hybridized carbons (Fsp3) is 0.200. The lowest BCUT2D eigenvalue weighted by molar-refractivity contribution is -0.149. The topological polar surface area (TPSA) is 120 Å². The average molecular weight is 531 g/mol. The number of esters is 1. The maximum Gasteiger partial charge on any atom is 0.344 e. The van der Waals surface area contributed by atoms with Crippen molar-refractivity contribution in [3.8, 4) is 17.2 Å². The number of hydrogen-bond acceptors (Lipinski definition) is 8. The SMILES string of the molecule is CN(c1ccc(OCC(=O)OCC(=O)Nc2ccc3c(c2)OCCO3)cc1)S(=O)(=O)c1ccc(F)cc1. The van der Waals surface area contributed by atoms with Crippen LogP contribution in [-0.2, 0) is 24.3 Å². The maximum absolute atomic E-state index is 13.1. The number of benzene rings is 3. The summed E-state index contributed by atoms with van der Waals surface area (Å²) in [6.07, 6.45) is 0. The number of halogens is 1. The van der Waals surface area contributed by atoms with Crippen LogP contribution in [-0.4, -0.2) is 53.8 Å². The van der Waals surface area contributed by atoms with Gasteiger partial charge in [-0.2, -0.15) is 0 Å². The van der Waals surface area contributed by atoms with Crippen molar-refractivity contribution in [3.63, 3.8) is 0 Å². The molecule has 0 aromatic heterocycles. The molecule has 0 radical (unpaired) electrons. The van der Waals surface area contributed by atoms with Gasteiger partial charge in [-0.15, -0.1) is 0 Å². The van der Waals surface area contributed by atoms with E-state index in [4.69, 9.17) is 18.9 Å². The van der Waals surface area contributed by atoms with Crippen LogP contribution in [0.3, 0.4) is 0 Å². The summed E-state index contributed by atoms with van der Waals surface area (Å²) >= 11 is 0. The Morgan fingerprint density at radius 2 is 1.62 bits per heavy atom. The molecule has 10 nitrogen and oxygen atoms in total. The summed E-state index contributed by atoms with van der Waals surface area (Å²) in [7, 11) is -2.53. The number of fused-ring (bicyclic) bond motifs is 1. The number of nitrogens with one attached hydrogen (secondary N) is 1. The van der Waals surface area contributed by atoms with Crippen molar-refractivity contribution in [2.45, 2.75) is 4.90 Å². The van der Waals surface area contributed by atoms with Crippen LogP contribution < -0.4 is 23.8 Å². The van der Waals surface area contributed by atoms with Gasteiger partial charge in [-0.05, 0) is 60.7 Å². The molecule has 0 unspecified atom stereocenters. The Hall–Kier alpha value is -4.32. The predicted octanol–water partition coefficient (Wildman–Crippen LogP) is 2.98. The number of ether oxygens (including phenoxy) is 4. The van der Waals surface area contributed by atoms with Gasteiger partial charge < -0.3 is 24.3 Å². The molecule has 0 saturated carbocycles. The van der Waals surface area contributed by atoms with E-state index in [1.165, 1.54) is 43.4 Å². The Labute approximate surface area is 212 Å². The minimum Gasteiger partial charge on any atom is -0.486 e. The Morgan fingerprint density at radius 3 is 2.32 bits per heavy atom. The molecule has 1 N–H and O–H groups in total. The van der Waals surface area contributed by atoms with Crippen LogP contribution in [0.1, 0.15) is 0 Å². The van der Waals surface area contributed by atoms with Crippen molar-refractivity contribution in [1.82, 2.24) is 0 Å². The second kappa shape index (κ2) is 11.2. The molecule has 3 aromatic carbocycles. The standard InChI is InChI=1S/C25H23FN2O8S/c1-28(37(31,32)21-9-2-17(26)3-10-21)19-5-7-20(8-6-19)35-16-25(30)36-15-24(29)27-18-4-11-22-23(14-18)34-13-12-33-22/h2-11,14H,12-13,15-16H2,1H3,(H,27,29). The third kappa shape index (κ3) is 6.47. The highest BCUT2D eigenvalue weighted by Gasteiger charge is 2.21. The van der Waals surface area contributed by atoms with Gasteiger partial charge in [0.15, 0.2) is 24.7 Å². The molecule has 0 bridgehead atoms. The summed E-state index contributed by atoms with van der Waals surface area (Å²) in [5, 5.41) is 2.60. The number of anilines is 2. The van der Waals surface area contributed by atoms with Crippen LogP contribution in [0, 0.1) is 5.82 Å². The lowest BCUT2D eigenvalue weighted by atomic mass is 10.2. The number of carbonyl (C=O) groups excluding carboxylic acids is 2. The molecule has 0 fully saturated rings. The van der Waals surface area contributed by atoms with Crippen molar-refractivity contribution < 1.29 is 41.3 Å². The molecule has 0 aliphatic carbocycles. The number of rotatable bonds is 9. The normalized spacial score (nSPS) is 12.4. The smallest absolute Gasteiger partial charge is 0.344 e. The van der Waals surface area contributed by atoms with Crippen LogP contribution in [0.15, 0.2) is 71.6 Å². The Kier molecular flexibility index (Phi) is 7.77. The Balaban J connectivity index is 1.24. The highest BCUT2D eigenvalue weighted by Crippen LogP contribution is 2.32. The van der Waals surface area contributed by atoms with Gasteiger partial charge in [-0.25, -0.2) is 17.6 Å². The number of nitrogens with zero attached hydrogens (tertiary/aromatic N) is 1. The van der Waals surface area contributed by atoms with Gasteiger partial charge in [0.2, 0.25) is 0 Å². The van der Waals surface area contributed by atoms with E-state index in [1.807, 2.05) is 0 Å². The van der Waals surface area contributed by atoms with E-state index >= 15 is 0 Å². The molecule has 0 saturated heterocycles. The summed E-state index contributed by atoms with van der Waals surface area (Å²) in [6, 6.07) is 15.4. The van der Waals surface area contributed by atoms with Crippen LogP contribution in [0.5, 0.6) is 17.2 Å². The highest BCUT2D eigenvalue weighted by molar-refractivity contribution is 7.92. The van der Waals surface area contributed by atoms with Crippen molar-refractivity contribution in [2.75, 3.05) is 43.1 Å². The largest absolute Gasteiger partial charge is 0.486 e. The van der Waals surface area contributed by atoms with Crippen molar-refractivity contribution in [1.29, 1.82) is 0 Å². The van der Waals surface area contributed by atoms with Crippen molar-refractivity contribution >= 4 is 33.3 Å². The summed E-state index contributed by atoms with van der Waals surface area (Å²) < 4.78 is 60.7. The van der Waals surface area contributed by atoms with Gasteiger partial charge in [0.25, 0.3) is 15.9 Å². The molecule has 4 rings (SSSR count). The summed E-state index contributed by atoms with van der Waals surface area (Å²) in [6.45, 7) is -0.101. The second-order valence-electron chi connectivity index (χ2n) is 7.78. The van der Waals surface area contributed by atoms with Gasteiger partial charge in [0.1, 0.15) is 24.8 Å². The number of amides is 1. The minimum atomic E-state index is -3.89. The van der Waals surface area contributed by atoms with Crippen LogP contribution in [0.2, 0.25) is 0 Å². The minimum absolute atomic E-state index is 0.0579. The average Bonchev–Trinajstić information content (AvgIpc) is 2.91. The Bertz CT molecular complexity index is 1380. The van der Waals surface area contributed by atoms with E-state index in [-0.39, 0.29) is 10.6 Å². The van der Waals surface area contributed by atoms with Gasteiger partial charge in [-0.1, -0.05) is 0 Å². The first-order valence-corrected chi connectivity index (χ1v) is 12.5. The number of hydrogen-bond donors (Lipinski definition) is 1. The monoisotopic (exact) mass is 530 g/mol. The summed E-state index contributed by atoms with van der Waals surface area (Å²) in [4.78, 5) is 24.0. The Morgan fingerprint density at radius 1 is 0.946 bits per heavy atom. The third-order valence-corrected chi connectivity index (χ3v) is 7.02. The van der Waals surface area contributed by atoms with E-state index in [1.54, 1.807) is 18.2 Å². The fourth-order valence-corrected chi connectivity index (χ4v) is 4.50. The third-order valence-electron chi connectivity index (χ3n) is 5.22. The highest BCUT2D eigenvalue weighted by atomic mass is 32.2. The van der Waals surface area contributed by atoms with Crippen molar-refractivity contribution in [2.24, 2.45) is 0 Å². The summed E-state index contributed by atoms with van der Waals surface area (Å²) in [5.41, 5.74) is 0.795. The first-order valence-electron chi connectivity index (χ1n) is 11.0. The second-order valence-corrected chi connectivity index (χ2v) is 9.75.